The Kier molecular flexibility index (Phi) is 2.52. The molecule has 4 heterocycles. The first-order valence-electron chi connectivity index (χ1n) is 7.36. The molecule has 2 bridgehead atoms. The van der Waals surface area contributed by atoms with Gasteiger partial charge in [-0.05, 0) is 18.4 Å². The fraction of sp³-hybridized carbons (Fsp3) is 0.438. The Morgan fingerprint density at radius 3 is 2.55 bits per heavy atom. The van der Waals surface area contributed by atoms with E-state index in [1.54, 1.807) is 11.9 Å². The highest BCUT2D eigenvalue weighted by molar-refractivity contribution is 5.75. The van der Waals surface area contributed by atoms with Crippen LogP contribution in [0.15, 0.2) is 41.7 Å². The van der Waals surface area contributed by atoms with Gasteiger partial charge < -0.3 is 4.90 Å². The van der Waals surface area contributed by atoms with Crippen LogP contribution in [-0.2, 0) is 4.79 Å². The summed E-state index contributed by atoms with van der Waals surface area (Å²) in [7, 11) is 0. The molecular weight excluding hydrogens is 250 g/mol. The molecule has 104 valence electrons. The number of amides is 1. The summed E-state index contributed by atoms with van der Waals surface area (Å²) in [5.74, 6) is 0.680. The monoisotopic (exact) mass is 269 g/mol. The third-order valence-corrected chi connectivity index (χ3v) is 4.73. The summed E-state index contributed by atoms with van der Waals surface area (Å²) in [6.07, 6.45) is 2.41. The first-order valence-corrected chi connectivity index (χ1v) is 7.36. The second-order valence-corrected chi connectivity index (χ2v) is 5.87. The Morgan fingerprint density at radius 1 is 1.20 bits per heavy atom. The van der Waals surface area contributed by atoms with Crippen molar-refractivity contribution >= 4 is 5.91 Å². The molecule has 5 rings (SSSR count). The molecule has 0 aromatic heterocycles. The van der Waals surface area contributed by atoms with Gasteiger partial charge in [-0.15, -0.1) is 0 Å². The molecule has 4 aliphatic heterocycles. The predicted molar refractivity (Wildman–Crippen MR) is 76.2 cm³/mol. The Hall–Kier alpha value is -1.97. The van der Waals surface area contributed by atoms with Gasteiger partial charge in [-0.1, -0.05) is 30.3 Å². The van der Waals surface area contributed by atoms with Crippen LogP contribution in [0.4, 0.5) is 0 Å². The van der Waals surface area contributed by atoms with Gasteiger partial charge >= 0.3 is 0 Å². The zero-order valence-electron chi connectivity index (χ0n) is 11.7. The van der Waals surface area contributed by atoms with Gasteiger partial charge in [0, 0.05) is 25.9 Å². The lowest BCUT2D eigenvalue weighted by Crippen LogP contribution is -2.41. The number of hydrogen-bond donors (Lipinski definition) is 1. The first-order chi connectivity index (χ1) is 9.75. The Labute approximate surface area is 119 Å². The van der Waals surface area contributed by atoms with Gasteiger partial charge in [0.1, 0.15) is 6.04 Å². The number of benzene rings is 1. The van der Waals surface area contributed by atoms with Crippen LogP contribution in [-0.4, -0.2) is 28.9 Å². The predicted octanol–water partition coefficient (Wildman–Crippen LogP) is 2.03. The molecule has 4 aliphatic rings. The van der Waals surface area contributed by atoms with Crippen LogP contribution >= 0.6 is 0 Å². The van der Waals surface area contributed by atoms with Gasteiger partial charge in [0.15, 0.2) is 0 Å². The van der Waals surface area contributed by atoms with Crippen molar-refractivity contribution in [3.63, 3.8) is 0 Å². The summed E-state index contributed by atoms with van der Waals surface area (Å²) in [5.41, 5.74) is 7.19. The second-order valence-electron chi connectivity index (χ2n) is 5.87. The standard InChI is InChI=1S/C16H19N3O/c1-11(20)19-15(13-5-3-2-4-6-13)16-14(17-19)12-7-9-18(16)10-8-12/h2-6,12,15,17H,7-10H2,1H3. The molecule has 0 saturated carbocycles. The quantitative estimate of drug-likeness (QED) is 0.847. The largest absolute Gasteiger partial charge is 0.371 e. The van der Waals surface area contributed by atoms with Crippen molar-refractivity contribution in [1.82, 2.24) is 15.3 Å². The third-order valence-electron chi connectivity index (χ3n) is 4.73. The summed E-state index contributed by atoms with van der Waals surface area (Å²) in [4.78, 5) is 14.5. The van der Waals surface area contributed by atoms with Gasteiger partial charge in [-0.25, -0.2) is 5.01 Å². The lowest BCUT2D eigenvalue weighted by Gasteiger charge is -2.41. The van der Waals surface area contributed by atoms with Crippen LogP contribution in [0.5, 0.6) is 0 Å². The molecule has 0 aliphatic carbocycles. The molecule has 0 spiro atoms. The number of rotatable bonds is 1. The smallest absolute Gasteiger partial charge is 0.238 e. The number of carbonyl (C=O) groups excluding carboxylic acids is 1. The van der Waals surface area contributed by atoms with E-state index in [4.69, 9.17) is 0 Å². The fourth-order valence-electron chi connectivity index (χ4n) is 3.78. The third kappa shape index (κ3) is 1.57. The Morgan fingerprint density at radius 2 is 1.90 bits per heavy atom. The Bertz CT molecular complexity index is 573. The molecule has 1 saturated heterocycles. The van der Waals surface area contributed by atoms with Crippen molar-refractivity contribution in [2.24, 2.45) is 5.92 Å². The summed E-state index contributed by atoms with van der Waals surface area (Å²) < 4.78 is 0. The summed E-state index contributed by atoms with van der Waals surface area (Å²) in [6.45, 7) is 3.89. The average Bonchev–Trinajstić information content (AvgIpc) is 2.92. The minimum Gasteiger partial charge on any atom is -0.371 e. The SMILES string of the molecule is CC(=O)N1NC2=C(C1c1ccccc1)N1CCC2CC1. The maximum absolute atomic E-state index is 12.0. The van der Waals surface area contributed by atoms with Crippen LogP contribution in [0.25, 0.3) is 0 Å². The maximum Gasteiger partial charge on any atom is 0.238 e. The second kappa shape index (κ2) is 4.27. The van der Waals surface area contributed by atoms with E-state index in [0.717, 1.165) is 13.1 Å². The van der Waals surface area contributed by atoms with Crippen LogP contribution in [0, 0.1) is 5.92 Å². The van der Waals surface area contributed by atoms with Crippen LogP contribution in [0.1, 0.15) is 31.4 Å². The van der Waals surface area contributed by atoms with Crippen molar-refractivity contribution in [3.8, 4) is 0 Å². The van der Waals surface area contributed by atoms with E-state index in [0.29, 0.717) is 5.92 Å². The van der Waals surface area contributed by atoms with Crippen molar-refractivity contribution in [1.29, 1.82) is 0 Å². The molecule has 1 atom stereocenters. The molecule has 0 radical (unpaired) electrons. The van der Waals surface area contributed by atoms with Gasteiger partial charge in [0.05, 0.1) is 11.4 Å². The van der Waals surface area contributed by atoms with E-state index in [1.807, 2.05) is 18.2 Å². The van der Waals surface area contributed by atoms with Gasteiger partial charge in [0.25, 0.3) is 0 Å². The van der Waals surface area contributed by atoms with Crippen LogP contribution < -0.4 is 5.43 Å². The highest BCUT2D eigenvalue weighted by Gasteiger charge is 2.45. The van der Waals surface area contributed by atoms with Gasteiger partial charge in [-0.2, -0.15) is 0 Å². The summed E-state index contributed by atoms with van der Waals surface area (Å²) >= 11 is 0. The number of hydrogen-bond acceptors (Lipinski definition) is 3. The molecule has 1 unspecified atom stereocenters. The van der Waals surface area contributed by atoms with Crippen molar-refractivity contribution in [3.05, 3.63) is 47.3 Å². The molecule has 1 N–H and O–H groups in total. The van der Waals surface area contributed by atoms with E-state index in [-0.39, 0.29) is 11.9 Å². The molecule has 4 heteroatoms. The highest BCUT2D eigenvalue weighted by Crippen LogP contribution is 2.46. The number of piperidine rings is 1. The molecule has 1 aromatic carbocycles. The van der Waals surface area contributed by atoms with E-state index < -0.39 is 0 Å². The van der Waals surface area contributed by atoms with E-state index in [1.165, 1.54) is 29.8 Å². The highest BCUT2D eigenvalue weighted by atomic mass is 16.2. The number of allylic oxidation sites excluding steroid dienone is 1. The first kappa shape index (κ1) is 11.8. The average molecular weight is 269 g/mol. The molecule has 4 nitrogen and oxygen atoms in total. The van der Waals surface area contributed by atoms with E-state index >= 15 is 0 Å². The number of carbonyl (C=O) groups is 1. The van der Waals surface area contributed by atoms with Crippen LogP contribution in [0.2, 0.25) is 0 Å². The van der Waals surface area contributed by atoms with Gasteiger partial charge in [0.2, 0.25) is 5.91 Å². The van der Waals surface area contributed by atoms with E-state index in [9.17, 15) is 4.79 Å². The lowest BCUT2D eigenvalue weighted by molar-refractivity contribution is -0.132. The molecule has 1 aromatic rings. The summed E-state index contributed by atoms with van der Waals surface area (Å²) in [5, 5.41) is 1.80. The fourth-order valence-corrected chi connectivity index (χ4v) is 3.78. The number of nitrogens with zero attached hydrogens (tertiary/aromatic N) is 2. The van der Waals surface area contributed by atoms with Gasteiger partial charge in [-0.3, -0.25) is 10.2 Å². The van der Waals surface area contributed by atoms with Crippen molar-refractivity contribution in [2.45, 2.75) is 25.8 Å². The molecule has 1 fully saturated rings. The molecule has 20 heavy (non-hydrogen) atoms. The maximum atomic E-state index is 12.0. The van der Waals surface area contributed by atoms with Crippen LogP contribution in [0.3, 0.4) is 0 Å². The topological polar surface area (TPSA) is 35.6 Å². The number of nitrogens with one attached hydrogen (secondary N) is 1. The molecule has 1 amide bonds. The molecular formula is C16H19N3O. The zero-order valence-corrected chi connectivity index (χ0v) is 11.7. The van der Waals surface area contributed by atoms with Crippen molar-refractivity contribution in [2.75, 3.05) is 13.1 Å². The minimum atomic E-state index is 0.0341. The number of hydrazine groups is 1. The normalized spacial score (nSPS) is 24.9. The van der Waals surface area contributed by atoms with Crippen molar-refractivity contribution < 1.29 is 4.79 Å². The summed E-state index contributed by atoms with van der Waals surface area (Å²) in [6, 6.07) is 10.4. The lowest BCUT2D eigenvalue weighted by atomic mass is 9.85. The van der Waals surface area contributed by atoms with E-state index in [2.05, 4.69) is 22.5 Å². The minimum absolute atomic E-state index is 0.0341. The Balaban J connectivity index is 1.82. The number of fused-ring (bicyclic) bond motifs is 2. The zero-order chi connectivity index (χ0) is 13.7.